The van der Waals surface area contributed by atoms with Crippen LogP contribution in [0.2, 0.25) is 5.02 Å². The SMILES string of the molecule is NC1CC(=O)N(Cc2cc(Cl)ccn2)C1. The molecule has 1 saturated heterocycles. The Balaban J connectivity index is 2.06. The molecule has 0 radical (unpaired) electrons. The van der Waals surface area contributed by atoms with Crippen LogP contribution < -0.4 is 5.73 Å². The smallest absolute Gasteiger partial charge is 0.224 e. The summed E-state index contributed by atoms with van der Waals surface area (Å²) in [6.45, 7) is 1.10. The number of carbonyl (C=O) groups is 1. The van der Waals surface area contributed by atoms with Gasteiger partial charge in [0.25, 0.3) is 0 Å². The third kappa shape index (κ3) is 2.46. The predicted molar refractivity (Wildman–Crippen MR) is 57.3 cm³/mol. The topological polar surface area (TPSA) is 59.2 Å². The predicted octanol–water partition coefficient (Wildman–Crippen LogP) is 0.795. The normalized spacial score (nSPS) is 21.1. The largest absolute Gasteiger partial charge is 0.335 e. The van der Waals surface area contributed by atoms with Crippen LogP contribution in [-0.4, -0.2) is 28.4 Å². The maximum atomic E-state index is 11.5. The van der Waals surface area contributed by atoms with E-state index in [4.69, 9.17) is 17.3 Å². The van der Waals surface area contributed by atoms with Gasteiger partial charge in [0.05, 0.1) is 12.2 Å². The van der Waals surface area contributed by atoms with Gasteiger partial charge in [-0.1, -0.05) is 11.6 Å². The van der Waals surface area contributed by atoms with E-state index in [-0.39, 0.29) is 11.9 Å². The summed E-state index contributed by atoms with van der Waals surface area (Å²) in [6, 6.07) is 3.43. The molecule has 1 unspecified atom stereocenters. The van der Waals surface area contributed by atoms with Crippen LogP contribution in [0.15, 0.2) is 18.3 Å². The number of aromatic nitrogens is 1. The standard InChI is InChI=1S/C10H12ClN3O/c11-7-1-2-13-9(3-7)6-14-5-8(12)4-10(14)15/h1-3,8H,4-6,12H2. The second kappa shape index (κ2) is 4.16. The molecule has 1 aliphatic heterocycles. The van der Waals surface area contributed by atoms with Gasteiger partial charge in [0.1, 0.15) is 0 Å². The summed E-state index contributed by atoms with van der Waals surface area (Å²) < 4.78 is 0. The van der Waals surface area contributed by atoms with Gasteiger partial charge in [-0.05, 0) is 12.1 Å². The van der Waals surface area contributed by atoms with E-state index in [2.05, 4.69) is 4.98 Å². The highest BCUT2D eigenvalue weighted by Gasteiger charge is 2.26. The number of hydrogen-bond acceptors (Lipinski definition) is 3. The van der Waals surface area contributed by atoms with E-state index >= 15 is 0 Å². The summed E-state index contributed by atoms with van der Waals surface area (Å²) in [7, 11) is 0. The molecular weight excluding hydrogens is 214 g/mol. The first-order valence-corrected chi connectivity index (χ1v) is 5.17. The molecule has 1 fully saturated rings. The minimum absolute atomic E-state index is 0.0447. The second-order valence-corrected chi connectivity index (χ2v) is 4.14. The van der Waals surface area contributed by atoms with Crippen LogP contribution in [0.3, 0.4) is 0 Å². The first-order chi connectivity index (χ1) is 7.15. The van der Waals surface area contributed by atoms with E-state index in [1.165, 1.54) is 0 Å². The van der Waals surface area contributed by atoms with Gasteiger partial charge in [-0.25, -0.2) is 0 Å². The average Bonchev–Trinajstić information content (AvgIpc) is 2.45. The molecule has 0 bridgehead atoms. The molecular formula is C10H12ClN3O. The summed E-state index contributed by atoms with van der Waals surface area (Å²) in [5.41, 5.74) is 6.49. The number of likely N-dealkylation sites (tertiary alicyclic amines) is 1. The van der Waals surface area contributed by atoms with Crippen molar-refractivity contribution in [2.24, 2.45) is 5.73 Å². The lowest BCUT2D eigenvalue weighted by atomic mass is 10.3. The highest BCUT2D eigenvalue weighted by atomic mass is 35.5. The minimum atomic E-state index is -0.0447. The fourth-order valence-corrected chi connectivity index (χ4v) is 1.87. The van der Waals surface area contributed by atoms with Crippen LogP contribution in [0.25, 0.3) is 0 Å². The first-order valence-electron chi connectivity index (χ1n) is 4.79. The number of halogens is 1. The van der Waals surface area contributed by atoms with Crippen LogP contribution in [0.1, 0.15) is 12.1 Å². The summed E-state index contributed by atoms with van der Waals surface area (Å²) in [4.78, 5) is 17.3. The van der Waals surface area contributed by atoms with Crippen LogP contribution in [0.5, 0.6) is 0 Å². The van der Waals surface area contributed by atoms with E-state index in [9.17, 15) is 4.79 Å². The summed E-state index contributed by atoms with van der Waals surface area (Å²) in [6.07, 6.45) is 2.07. The molecule has 2 N–H and O–H groups in total. The number of hydrogen-bond donors (Lipinski definition) is 1. The van der Waals surface area contributed by atoms with E-state index in [1.807, 2.05) is 0 Å². The van der Waals surface area contributed by atoms with Crippen molar-refractivity contribution < 1.29 is 4.79 Å². The van der Waals surface area contributed by atoms with E-state index < -0.39 is 0 Å². The number of rotatable bonds is 2. The Kier molecular flexibility index (Phi) is 2.88. The zero-order valence-corrected chi connectivity index (χ0v) is 8.94. The minimum Gasteiger partial charge on any atom is -0.335 e. The molecule has 1 aromatic rings. The van der Waals surface area contributed by atoms with Crippen molar-refractivity contribution in [1.29, 1.82) is 0 Å². The molecule has 2 heterocycles. The molecule has 15 heavy (non-hydrogen) atoms. The molecule has 0 spiro atoms. The third-order valence-electron chi connectivity index (χ3n) is 2.38. The highest BCUT2D eigenvalue weighted by molar-refractivity contribution is 6.30. The zero-order chi connectivity index (χ0) is 10.8. The quantitative estimate of drug-likeness (QED) is 0.810. The lowest BCUT2D eigenvalue weighted by molar-refractivity contribution is -0.128. The molecule has 4 nitrogen and oxygen atoms in total. The van der Waals surface area contributed by atoms with Gasteiger partial charge >= 0.3 is 0 Å². The van der Waals surface area contributed by atoms with Gasteiger partial charge in [0.15, 0.2) is 0 Å². The molecule has 1 amide bonds. The average molecular weight is 226 g/mol. The third-order valence-corrected chi connectivity index (χ3v) is 2.61. The van der Waals surface area contributed by atoms with Gasteiger partial charge < -0.3 is 10.6 Å². The summed E-state index contributed by atoms with van der Waals surface area (Å²) >= 11 is 5.83. The monoisotopic (exact) mass is 225 g/mol. The molecule has 5 heteroatoms. The maximum absolute atomic E-state index is 11.5. The second-order valence-electron chi connectivity index (χ2n) is 3.70. The molecule has 1 atom stereocenters. The van der Waals surface area contributed by atoms with Crippen LogP contribution in [0.4, 0.5) is 0 Å². The van der Waals surface area contributed by atoms with E-state index in [0.717, 1.165) is 5.69 Å². The van der Waals surface area contributed by atoms with Crippen molar-refractivity contribution in [1.82, 2.24) is 9.88 Å². The molecule has 80 valence electrons. The zero-order valence-electron chi connectivity index (χ0n) is 8.19. The van der Waals surface area contributed by atoms with Crippen molar-refractivity contribution in [2.45, 2.75) is 19.0 Å². The lowest BCUT2D eigenvalue weighted by Crippen LogP contribution is -2.28. The Morgan fingerprint density at radius 2 is 2.47 bits per heavy atom. The van der Waals surface area contributed by atoms with Crippen LogP contribution in [-0.2, 0) is 11.3 Å². The van der Waals surface area contributed by atoms with Gasteiger partial charge in [-0.15, -0.1) is 0 Å². The molecule has 0 aliphatic carbocycles. The number of pyridine rings is 1. The van der Waals surface area contributed by atoms with Crippen molar-refractivity contribution in [3.63, 3.8) is 0 Å². The van der Waals surface area contributed by atoms with Gasteiger partial charge in [0, 0.05) is 30.2 Å². The highest BCUT2D eigenvalue weighted by Crippen LogP contribution is 2.14. The van der Waals surface area contributed by atoms with Crippen molar-refractivity contribution >= 4 is 17.5 Å². The van der Waals surface area contributed by atoms with E-state index in [1.54, 1.807) is 23.2 Å². The van der Waals surface area contributed by atoms with Crippen molar-refractivity contribution in [3.05, 3.63) is 29.0 Å². The summed E-state index contributed by atoms with van der Waals surface area (Å²) in [5, 5.41) is 0.635. The molecule has 0 saturated carbocycles. The van der Waals surface area contributed by atoms with Gasteiger partial charge in [0.2, 0.25) is 5.91 Å². The lowest BCUT2D eigenvalue weighted by Gasteiger charge is -2.15. The Morgan fingerprint density at radius 3 is 3.07 bits per heavy atom. The number of amides is 1. The Hall–Kier alpha value is -1.13. The van der Waals surface area contributed by atoms with Gasteiger partial charge in [-0.2, -0.15) is 0 Å². The Morgan fingerprint density at radius 1 is 1.67 bits per heavy atom. The van der Waals surface area contributed by atoms with E-state index in [0.29, 0.717) is 24.5 Å². The number of carbonyl (C=O) groups excluding carboxylic acids is 1. The van der Waals surface area contributed by atoms with Crippen molar-refractivity contribution in [3.8, 4) is 0 Å². The first kappa shape index (κ1) is 10.4. The van der Waals surface area contributed by atoms with Crippen molar-refractivity contribution in [2.75, 3.05) is 6.54 Å². The Labute approximate surface area is 93.0 Å². The summed E-state index contributed by atoms with van der Waals surface area (Å²) in [5.74, 6) is 0.0873. The number of nitrogens with zero attached hydrogens (tertiary/aromatic N) is 2. The number of nitrogens with two attached hydrogens (primary N) is 1. The van der Waals surface area contributed by atoms with Crippen LogP contribution in [0, 0.1) is 0 Å². The van der Waals surface area contributed by atoms with Gasteiger partial charge in [-0.3, -0.25) is 9.78 Å². The molecule has 1 aromatic heterocycles. The molecule has 2 rings (SSSR count). The molecule has 0 aromatic carbocycles. The maximum Gasteiger partial charge on any atom is 0.224 e. The fraction of sp³-hybridized carbons (Fsp3) is 0.400. The fourth-order valence-electron chi connectivity index (χ4n) is 1.69. The van der Waals surface area contributed by atoms with Crippen LogP contribution >= 0.6 is 11.6 Å². The molecule has 1 aliphatic rings. The Bertz CT molecular complexity index is 383.